The molecule has 0 fully saturated rings. The van der Waals surface area contributed by atoms with Gasteiger partial charge in [-0.15, -0.1) is 0 Å². The number of carbonyl (C=O) groups excluding carboxylic acids is 1. The molecule has 0 saturated heterocycles. The number of hydrogen-bond acceptors (Lipinski definition) is 3. The molecule has 0 aromatic heterocycles. The van der Waals surface area contributed by atoms with E-state index in [0.717, 1.165) is 11.1 Å². The van der Waals surface area contributed by atoms with Crippen LogP contribution in [0.25, 0.3) is 0 Å². The molecule has 0 aliphatic rings. The third-order valence-electron chi connectivity index (χ3n) is 3.12. The fraction of sp³-hybridized carbons (Fsp3) is 0.176. The molecule has 0 radical (unpaired) electrons. The minimum atomic E-state index is -0.114. The summed E-state index contributed by atoms with van der Waals surface area (Å²) in [6.45, 7) is 1.81. The molecule has 2 aromatic rings. The summed E-state index contributed by atoms with van der Waals surface area (Å²) in [5, 5.41) is 13.3. The van der Waals surface area contributed by atoms with E-state index in [0.29, 0.717) is 18.6 Å². The number of carbonyl (C=O) groups is 1. The average Bonchev–Trinajstić information content (AvgIpc) is 2.52. The van der Waals surface area contributed by atoms with Crippen LogP contribution in [0.5, 0.6) is 5.75 Å². The summed E-state index contributed by atoms with van der Waals surface area (Å²) in [6, 6.07) is 16.6. The largest absolute Gasteiger partial charge is 0.508 e. The number of phenols is 1. The van der Waals surface area contributed by atoms with Gasteiger partial charge in [0, 0.05) is 6.42 Å². The van der Waals surface area contributed by atoms with Gasteiger partial charge in [-0.25, -0.2) is 5.43 Å². The highest BCUT2D eigenvalue weighted by atomic mass is 16.3. The first kappa shape index (κ1) is 14.8. The molecule has 0 aliphatic carbocycles. The zero-order valence-electron chi connectivity index (χ0n) is 11.9. The lowest BCUT2D eigenvalue weighted by molar-refractivity contribution is -0.121. The highest BCUT2D eigenvalue weighted by Crippen LogP contribution is 2.10. The number of benzene rings is 2. The summed E-state index contributed by atoms with van der Waals surface area (Å²) < 4.78 is 0. The van der Waals surface area contributed by atoms with Gasteiger partial charge in [0.25, 0.3) is 0 Å². The van der Waals surface area contributed by atoms with E-state index in [9.17, 15) is 9.90 Å². The van der Waals surface area contributed by atoms with Crippen molar-refractivity contribution in [1.29, 1.82) is 0 Å². The molecule has 4 nitrogen and oxygen atoms in total. The normalized spacial score (nSPS) is 11.2. The molecule has 0 atom stereocenters. The number of aryl methyl sites for hydroxylation is 1. The van der Waals surface area contributed by atoms with E-state index >= 15 is 0 Å². The van der Waals surface area contributed by atoms with Gasteiger partial charge in [-0.2, -0.15) is 5.10 Å². The van der Waals surface area contributed by atoms with Crippen LogP contribution in [0.3, 0.4) is 0 Å². The van der Waals surface area contributed by atoms with Crippen LogP contribution >= 0.6 is 0 Å². The van der Waals surface area contributed by atoms with Gasteiger partial charge in [0.1, 0.15) is 5.75 Å². The van der Waals surface area contributed by atoms with Crippen molar-refractivity contribution in [3.8, 4) is 5.75 Å². The van der Waals surface area contributed by atoms with Crippen molar-refractivity contribution in [2.24, 2.45) is 5.10 Å². The molecule has 108 valence electrons. The second-order valence-corrected chi connectivity index (χ2v) is 4.76. The quantitative estimate of drug-likeness (QED) is 0.654. The Morgan fingerprint density at radius 2 is 1.76 bits per heavy atom. The summed E-state index contributed by atoms with van der Waals surface area (Å²) >= 11 is 0. The maximum atomic E-state index is 11.7. The van der Waals surface area contributed by atoms with Crippen LogP contribution in [-0.4, -0.2) is 16.7 Å². The first-order valence-corrected chi connectivity index (χ1v) is 6.81. The van der Waals surface area contributed by atoms with E-state index in [4.69, 9.17) is 0 Å². The Morgan fingerprint density at radius 1 is 1.10 bits per heavy atom. The summed E-state index contributed by atoms with van der Waals surface area (Å²) in [4.78, 5) is 11.7. The van der Waals surface area contributed by atoms with Gasteiger partial charge in [-0.3, -0.25) is 4.79 Å². The maximum Gasteiger partial charge on any atom is 0.240 e. The van der Waals surface area contributed by atoms with E-state index in [1.165, 1.54) is 0 Å². The molecular formula is C17H18N2O2. The van der Waals surface area contributed by atoms with Gasteiger partial charge in [0.2, 0.25) is 5.91 Å². The molecule has 0 aliphatic heterocycles. The molecule has 4 heteroatoms. The lowest BCUT2D eigenvalue weighted by Crippen LogP contribution is -2.19. The van der Waals surface area contributed by atoms with Crippen LogP contribution in [0.2, 0.25) is 0 Å². The minimum Gasteiger partial charge on any atom is -0.508 e. The third-order valence-corrected chi connectivity index (χ3v) is 3.12. The first-order chi connectivity index (χ1) is 10.1. The molecule has 0 bridgehead atoms. The Balaban J connectivity index is 1.85. The van der Waals surface area contributed by atoms with Gasteiger partial charge in [-0.05, 0) is 48.7 Å². The lowest BCUT2D eigenvalue weighted by Gasteiger charge is -2.03. The predicted molar refractivity (Wildman–Crippen MR) is 83.2 cm³/mol. The summed E-state index contributed by atoms with van der Waals surface area (Å²) in [6.07, 6.45) is 1.09. The van der Waals surface area contributed by atoms with Crippen molar-refractivity contribution < 1.29 is 9.90 Å². The zero-order valence-corrected chi connectivity index (χ0v) is 11.9. The van der Waals surface area contributed by atoms with Crippen molar-refractivity contribution in [3.05, 3.63) is 65.7 Å². The van der Waals surface area contributed by atoms with Crippen molar-refractivity contribution in [2.45, 2.75) is 19.8 Å². The number of aromatic hydroxyl groups is 1. The van der Waals surface area contributed by atoms with E-state index in [1.54, 1.807) is 24.3 Å². The molecule has 2 N–H and O–H groups in total. The number of hydrogen-bond donors (Lipinski definition) is 2. The van der Waals surface area contributed by atoms with Gasteiger partial charge in [0.15, 0.2) is 0 Å². The Kier molecular flexibility index (Phi) is 5.10. The van der Waals surface area contributed by atoms with Crippen LogP contribution in [-0.2, 0) is 11.2 Å². The number of nitrogens with one attached hydrogen (secondary N) is 1. The smallest absolute Gasteiger partial charge is 0.240 e. The molecule has 21 heavy (non-hydrogen) atoms. The molecule has 0 heterocycles. The van der Waals surface area contributed by atoms with E-state index in [-0.39, 0.29) is 11.7 Å². The number of rotatable bonds is 5. The monoisotopic (exact) mass is 282 g/mol. The van der Waals surface area contributed by atoms with Crippen LogP contribution < -0.4 is 5.43 Å². The standard InChI is InChI=1S/C17H18N2O2/c1-13(15-8-10-16(20)11-9-15)18-19-17(21)12-7-14-5-3-2-4-6-14/h2-6,8-11,20H,7,12H2,1H3,(H,19,21)/b18-13+. The Morgan fingerprint density at radius 3 is 2.43 bits per heavy atom. The fourth-order valence-electron chi connectivity index (χ4n) is 1.87. The lowest BCUT2D eigenvalue weighted by atomic mass is 10.1. The van der Waals surface area contributed by atoms with Crippen molar-refractivity contribution in [2.75, 3.05) is 0 Å². The van der Waals surface area contributed by atoms with Crippen LogP contribution in [0.4, 0.5) is 0 Å². The van der Waals surface area contributed by atoms with Gasteiger partial charge < -0.3 is 5.11 Å². The van der Waals surface area contributed by atoms with Crippen LogP contribution in [0.15, 0.2) is 59.7 Å². The molecule has 2 aromatic carbocycles. The highest BCUT2D eigenvalue weighted by molar-refractivity contribution is 5.99. The zero-order chi connectivity index (χ0) is 15.1. The average molecular weight is 282 g/mol. The SMILES string of the molecule is C/C(=N\NC(=O)CCc1ccccc1)c1ccc(O)cc1. The number of nitrogens with zero attached hydrogens (tertiary/aromatic N) is 1. The number of hydrazone groups is 1. The van der Waals surface area contributed by atoms with Crippen molar-refractivity contribution in [3.63, 3.8) is 0 Å². The van der Waals surface area contributed by atoms with Crippen molar-refractivity contribution >= 4 is 11.6 Å². The third kappa shape index (κ3) is 4.76. The summed E-state index contributed by atoms with van der Waals surface area (Å²) in [5.41, 5.74) is 5.24. The van der Waals surface area contributed by atoms with E-state index < -0.39 is 0 Å². The van der Waals surface area contributed by atoms with E-state index in [1.807, 2.05) is 37.3 Å². The fourth-order valence-corrected chi connectivity index (χ4v) is 1.87. The first-order valence-electron chi connectivity index (χ1n) is 6.81. The van der Waals surface area contributed by atoms with Crippen LogP contribution in [0, 0.1) is 0 Å². The molecule has 0 unspecified atom stereocenters. The summed E-state index contributed by atoms with van der Waals surface area (Å²) in [7, 11) is 0. The second-order valence-electron chi connectivity index (χ2n) is 4.76. The number of phenolic OH excluding ortho intramolecular Hbond substituents is 1. The van der Waals surface area contributed by atoms with Gasteiger partial charge in [0.05, 0.1) is 5.71 Å². The second kappa shape index (κ2) is 7.24. The minimum absolute atomic E-state index is 0.114. The molecular weight excluding hydrogens is 264 g/mol. The topological polar surface area (TPSA) is 61.7 Å². The molecule has 0 spiro atoms. The Bertz CT molecular complexity index is 619. The Hall–Kier alpha value is -2.62. The maximum absolute atomic E-state index is 11.7. The number of amides is 1. The molecule has 1 amide bonds. The van der Waals surface area contributed by atoms with Crippen LogP contribution in [0.1, 0.15) is 24.5 Å². The van der Waals surface area contributed by atoms with E-state index in [2.05, 4.69) is 10.5 Å². The van der Waals surface area contributed by atoms with Gasteiger partial charge in [-0.1, -0.05) is 30.3 Å². The van der Waals surface area contributed by atoms with Gasteiger partial charge >= 0.3 is 0 Å². The summed E-state index contributed by atoms with van der Waals surface area (Å²) in [5.74, 6) is 0.0930. The molecule has 2 rings (SSSR count). The highest BCUT2D eigenvalue weighted by Gasteiger charge is 2.02. The predicted octanol–water partition coefficient (Wildman–Crippen LogP) is 2.87. The van der Waals surface area contributed by atoms with Crippen molar-refractivity contribution in [1.82, 2.24) is 5.43 Å². The Labute approximate surface area is 124 Å². The molecule has 0 saturated carbocycles.